The first-order valence-corrected chi connectivity index (χ1v) is 24.6. The van der Waals surface area contributed by atoms with Gasteiger partial charge in [-0.15, -0.1) is 0 Å². The highest BCUT2D eigenvalue weighted by Gasteiger charge is 2.27. The van der Waals surface area contributed by atoms with Gasteiger partial charge in [-0.1, -0.05) is 184 Å². The number of furan rings is 1. The second-order valence-corrected chi connectivity index (χ2v) is 19.1. The lowest BCUT2D eigenvalue weighted by Gasteiger charge is -2.31. The van der Waals surface area contributed by atoms with E-state index in [-0.39, 0.29) is 0 Å². The van der Waals surface area contributed by atoms with Crippen molar-refractivity contribution in [3.63, 3.8) is 0 Å². The zero-order valence-electron chi connectivity index (χ0n) is 38.4. The van der Waals surface area contributed by atoms with Gasteiger partial charge in [-0.3, -0.25) is 0 Å². The number of hydrogen-bond acceptors (Lipinski definition) is 2. The Labute approximate surface area is 397 Å². The van der Waals surface area contributed by atoms with Crippen LogP contribution in [-0.2, 0) is 0 Å². The van der Waals surface area contributed by atoms with Crippen LogP contribution in [-0.4, -0.2) is 4.57 Å². The van der Waals surface area contributed by atoms with Crippen molar-refractivity contribution in [2.75, 3.05) is 4.90 Å². The maximum atomic E-state index is 6.76. The Morgan fingerprint density at radius 2 is 1.13 bits per heavy atom. The molecule has 3 nitrogen and oxygen atoms in total. The smallest absolute Gasteiger partial charge is 0.138 e. The van der Waals surface area contributed by atoms with Crippen LogP contribution in [0.4, 0.5) is 17.1 Å². The Hall–Kier alpha value is -7.88. The van der Waals surface area contributed by atoms with E-state index in [2.05, 4.69) is 229 Å². The minimum Gasteiger partial charge on any atom is -0.456 e. The molecule has 0 N–H and O–H groups in total. The minimum absolute atomic E-state index is 0.364. The van der Waals surface area contributed by atoms with E-state index in [0.717, 1.165) is 40.2 Å². The third-order valence-corrected chi connectivity index (χ3v) is 14.9. The van der Waals surface area contributed by atoms with Crippen molar-refractivity contribution in [1.82, 2.24) is 4.57 Å². The molecule has 1 saturated carbocycles. The summed E-state index contributed by atoms with van der Waals surface area (Å²) in [5.41, 5.74) is 17.6. The van der Waals surface area contributed by atoms with Gasteiger partial charge in [0.1, 0.15) is 11.0 Å². The molecular weight excluding hydrogens is 825 g/mol. The molecule has 11 aromatic rings. The molecule has 0 aliphatic heterocycles. The summed E-state index contributed by atoms with van der Waals surface area (Å²) >= 11 is 0. The van der Waals surface area contributed by atoms with Crippen molar-refractivity contribution < 1.29 is 4.42 Å². The van der Waals surface area contributed by atoms with Crippen LogP contribution < -0.4 is 15.5 Å². The van der Waals surface area contributed by atoms with Gasteiger partial charge in [-0.2, -0.15) is 0 Å². The lowest BCUT2D eigenvalue weighted by molar-refractivity contribution is 0.445. The third-order valence-electron chi connectivity index (χ3n) is 14.9. The molecule has 2 aromatic heterocycles. The molecular formula is C65H52N2O. The van der Waals surface area contributed by atoms with Gasteiger partial charge in [-0.25, -0.2) is 0 Å². The van der Waals surface area contributed by atoms with Gasteiger partial charge in [0.25, 0.3) is 0 Å². The average Bonchev–Trinajstić information content (AvgIpc) is 3.95. The Balaban J connectivity index is 1.08. The summed E-state index contributed by atoms with van der Waals surface area (Å²) in [6.45, 7) is 2.33. The van der Waals surface area contributed by atoms with Crippen molar-refractivity contribution >= 4 is 72.3 Å². The van der Waals surface area contributed by atoms with Gasteiger partial charge in [0.15, 0.2) is 0 Å². The molecule has 9 aromatic carbocycles. The maximum Gasteiger partial charge on any atom is 0.138 e. The first kappa shape index (κ1) is 40.4. The van der Waals surface area contributed by atoms with E-state index in [1.54, 1.807) is 0 Å². The molecule has 1 unspecified atom stereocenters. The van der Waals surface area contributed by atoms with Crippen molar-refractivity contribution in [3.05, 3.63) is 228 Å². The number of nitrogens with zero attached hydrogens (tertiary/aromatic N) is 2. The predicted molar refractivity (Wildman–Crippen MR) is 286 cm³/mol. The SMILES string of the molecule is CC1C=c2c(oc3ccccc23)=C(c2cccc(N(c3ccccc3-c3cccc4cccc(C5CCCCC5)c34)c3ccccc3-c3cccc4c3c3ccccc3n4-c3ccccc3)c2)C1. The molecule has 0 spiro atoms. The fourth-order valence-corrected chi connectivity index (χ4v) is 11.9. The summed E-state index contributed by atoms with van der Waals surface area (Å²) in [6, 6.07) is 76.3. The normalized spacial score (nSPS) is 15.2. The van der Waals surface area contributed by atoms with Crippen LogP contribution >= 0.6 is 0 Å². The molecule has 0 radical (unpaired) electrons. The highest BCUT2D eigenvalue weighted by Crippen LogP contribution is 2.49. The largest absolute Gasteiger partial charge is 0.456 e. The van der Waals surface area contributed by atoms with Gasteiger partial charge in [0.05, 0.1) is 22.4 Å². The van der Waals surface area contributed by atoms with E-state index in [4.69, 9.17) is 4.42 Å². The van der Waals surface area contributed by atoms with E-state index >= 15 is 0 Å². The molecule has 68 heavy (non-hydrogen) atoms. The zero-order valence-corrected chi connectivity index (χ0v) is 38.4. The fourth-order valence-electron chi connectivity index (χ4n) is 11.9. The lowest BCUT2D eigenvalue weighted by Crippen LogP contribution is -2.29. The second-order valence-electron chi connectivity index (χ2n) is 19.1. The molecule has 2 aliphatic carbocycles. The molecule has 2 heterocycles. The summed E-state index contributed by atoms with van der Waals surface area (Å²) < 4.78 is 9.18. The van der Waals surface area contributed by atoms with Gasteiger partial charge in [0, 0.05) is 49.5 Å². The molecule has 0 saturated heterocycles. The highest BCUT2D eigenvalue weighted by molar-refractivity contribution is 6.17. The first-order chi connectivity index (χ1) is 33.7. The molecule has 1 atom stereocenters. The van der Waals surface area contributed by atoms with Crippen molar-refractivity contribution in [3.8, 4) is 27.9 Å². The first-order valence-electron chi connectivity index (χ1n) is 24.6. The van der Waals surface area contributed by atoms with Gasteiger partial charge >= 0.3 is 0 Å². The topological polar surface area (TPSA) is 21.3 Å². The fraction of sp³-hybridized carbons (Fsp3) is 0.138. The van der Waals surface area contributed by atoms with Crippen LogP contribution in [0.25, 0.3) is 83.1 Å². The van der Waals surface area contributed by atoms with Crippen LogP contribution in [0.1, 0.15) is 62.5 Å². The number of benzene rings is 9. The molecule has 328 valence electrons. The van der Waals surface area contributed by atoms with Gasteiger partial charge in [0.2, 0.25) is 0 Å². The van der Waals surface area contributed by atoms with Gasteiger partial charge in [-0.05, 0) is 119 Å². The quantitative estimate of drug-likeness (QED) is 0.152. The highest BCUT2D eigenvalue weighted by atomic mass is 16.3. The molecule has 3 heteroatoms. The Morgan fingerprint density at radius 3 is 1.93 bits per heavy atom. The Bertz CT molecular complexity index is 3840. The molecule has 0 amide bonds. The summed E-state index contributed by atoms with van der Waals surface area (Å²) in [6.07, 6.45) is 9.71. The van der Waals surface area contributed by atoms with E-state index in [1.807, 2.05) is 0 Å². The molecule has 0 bridgehead atoms. The molecule has 1 fully saturated rings. The number of para-hydroxylation sites is 5. The second kappa shape index (κ2) is 16.8. The van der Waals surface area contributed by atoms with E-state index in [1.165, 1.54) is 114 Å². The van der Waals surface area contributed by atoms with Crippen LogP contribution in [0.2, 0.25) is 0 Å². The summed E-state index contributed by atoms with van der Waals surface area (Å²) in [5, 5.41) is 7.55. The lowest BCUT2D eigenvalue weighted by atomic mass is 9.80. The van der Waals surface area contributed by atoms with E-state index in [9.17, 15) is 0 Å². The summed E-state index contributed by atoms with van der Waals surface area (Å²) in [7, 11) is 0. The number of hydrogen-bond donors (Lipinski definition) is 0. The van der Waals surface area contributed by atoms with E-state index < -0.39 is 0 Å². The summed E-state index contributed by atoms with van der Waals surface area (Å²) in [4.78, 5) is 2.55. The Kier molecular flexibility index (Phi) is 9.96. The standard InChI is InChI=1S/C65H52N2O/c1-43-40-56(65-57(41-43)52-30-11-15-39-62(52)68-65)46-24-16-27-48(42-46)67(58-35-12-8-28-50(58)53-33-18-23-45-22-17-32-49(63(45)53)44-20-4-2-5-21-44)59-36-13-9-29-51(59)54-34-19-38-61-64(54)55-31-10-14-37-60(55)66(61)47-25-6-3-7-26-47/h3,6-19,22-39,41-44H,2,4-5,20-21,40H2,1H3. The zero-order chi connectivity index (χ0) is 45.1. The molecule has 13 rings (SSSR count). The van der Waals surface area contributed by atoms with Crippen molar-refractivity contribution in [2.45, 2.75) is 51.4 Å². The maximum absolute atomic E-state index is 6.76. The van der Waals surface area contributed by atoms with Crippen LogP contribution in [0, 0.1) is 5.92 Å². The van der Waals surface area contributed by atoms with Crippen LogP contribution in [0.15, 0.2) is 211 Å². The minimum atomic E-state index is 0.364. The van der Waals surface area contributed by atoms with Crippen molar-refractivity contribution in [2.24, 2.45) is 5.92 Å². The average molecular weight is 877 g/mol. The van der Waals surface area contributed by atoms with Crippen molar-refractivity contribution in [1.29, 1.82) is 0 Å². The van der Waals surface area contributed by atoms with Crippen LogP contribution in [0.3, 0.4) is 0 Å². The van der Waals surface area contributed by atoms with Gasteiger partial charge < -0.3 is 13.9 Å². The Morgan fingerprint density at radius 1 is 0.515 bits per heavy atom. The molecule has 2 aliphatic rings. The predicted octanol–water partition coefficient (Wildman–Crippen LogP) is 16.6. The number of anilines is 3. The number of fused-ring (bicyclic) bond motifs is 7. The number of aromatic nitrogens is 1. The monoisotopic (exact) mass is 876 g/mol. The van der Waals surface area contributed by atoms with Crippen LogP contribution in [0.5, 0.6) is 0 Å². The summed E-state index contributed by atoms with van der Waals surface area (Å²) in [5.74, 6) is 0.922. The van der Waals surface area contributed by atoms with E-state index in [0.29, 0.717) is 11.8 Å². The third kappa shape index (κ3) is 6.71. The number of rotatable bonds is 8.